The van der Waals surface area contributed by atoms with Crippen LogP contribution in [0, 0.1) is 17.8 Å². The third-order valence-electron chi connectivity index (χ3n) is 4.18. The summed E-state index contributed by atoms with van der Waals surface area (Å²) in [5.41, 5.74) is 5.74. The first-order valence-corrected chi connectivity index (χ1v) is 7.59. The Kier molecular flexibility index (Phi) is 6.80. The largest absolute Gasteiger partial charge is 0.352 e. The van der Waals surface area contributed by atoms with E-state index in [1.54, 1.807) is 0 Å². The maximum Gasteiger partial charge on any atom is 0.223 e. The van der Waals surface area contributed by atoms with Gasteiger partial charge in [0.2, 0.25) is 5.91 Å². The van der Waals surface area contributed by atoms with Crippen molar-refractivity contribution < 1.29 is 4.79 Å². The van der Waals surface area contributed by atoms with Gasteiger partial charge in [-0.05, 0) is 51.7 Å². The molecule has 3 atom stereocenters. The molecule has 1 amide bonds. The molecule has 4 heteroatoms. The molecule has 0 aliphatic heterocycles. The third-order valence-corrected chi connectivity index (χ3v) is 4.18. The summed E-state index contributed by atoms with van der Waals surface area (Å²) in [5, 5.41) is 3.24. The maximum absolute atomic E-state index is 12.4. The van der Waals surface area contributed by atoms with Crippen molar-refractivity contribution >= 4 is 5.91 Å². The Morgan fingerprint density at radius 2 is 2.05 bits per heavy atom. The van der Waals surface area contributed by atoms with E-state index in [0.29, 0.717) is 11.8 Å². The summed E-state index contributed by atoms with van der Waals surface area (Å²) in [6.45, 7) is 5.95. The molecular formula is C15H31N3O. The van der Waals surface area contributed by atoms with Crippen LogP contribution in [0.2, 0.25) is 0 Å². The fourth-order valence-corrected chi connectivity index (χ4v) is 2.86. The second kappa shape index (κ2) is 7.85. The van der Waals surface area contributed by atoms with Gasteiger partial charge in [0.25, 0.3) is 0 Å². The minimum Gasteiger partial charge on any atom is -0.352 e. The van der Waals surface area contributed by atoms with Gasteiger partial charge in [0.1, 0.15) is 0 Å². The monoisotopic (exact) mass is 269 g/mol. The Bertz CT molecular complexity index is 279. The topological polar surface area (TPSA) is 58.4 Å². The van der Waals surface area contributed by atoms with Gasteiger partial charge in [-0.15, -0.1) is 0 Å². The zero-order valence-corrected chi connectivity index (χ0v) is 13.0. The number of carbonyl (C=O) groups is 1. The van der Waals surface area contributed by atoms with Crippen LogP contribution in [0.25, 0.3) is 0 Å². The molecule has 1 aliphatic carbocycles. The molecule has 0 saturated heterocycles. The number of hydrogen-bond acceptors (Lipinski definition) is 3. The van der Waals surface area contributed by atoms with E-state index in [4.69, 9.17) is 5.73 Å². The van der Waals surface area contributed by atoms with Gasteiger partial charge in [-0.2, -0.15) is 0 Å². The number of amides is 1. The molecule has 0 aromatic rings. The van der Waals surface area contributed by atoms with Crippen molar-refractivity contribution in [2.24, 2.45) is 23.5 Å². The van der Waals surface area contributed by atoms with Gasteiger partial charge in [-0.1, -0.05) is 20.3 Å². The van der Waals surface area contributed by atoms with Gasteiger partial charge in [0.05, 0.1) is 0 Å². The zero-order chi connectivity index (χ0) is 14.4. The van der Waals surface area contributed by atoms with E-state index in [1.165, 1.54) is 6.42 Å². The molecule has 0 spiro atoms. The van der Waals surface area contributed by atoms with E-state index in [-0.39, 0.29) is 17.9 Å². The fourth-order valence-electron chi connectivity index (χ4n) is 2.86. The highest BCUT2D eigenvalue weighted by Gasteiger charge is 2.28. The third kappa shape index (κ3) is 5.49. The van der Waals surface area contributed by atoms with Gasteiger partial charge in [0.15, 0.2) is 0 Å². The summed E-state index contributed by atoms with van der Waals surface area (Å²) in [7, 11) is 4.10. The molecule has 0 radical (unpaired) electrons. The van der Waals surface area contributed by atoms with Crippen LogP contribution in [-0.2, 0) is 4.79 Å². The number of likely N-dealkylation sites (N-methyl/N-ethyl adjacent to an activating group) is 1. The lowest BCUT2D eigenvalue weighted by Gasteiger charge is -2.31. The average Bonchev–Trinajstić information content (AvgIpc) is 2.37. The Morgan fingerprint density at radius 3 is 2.58 bits per heavy atom. The second-order valence-corrected chi connectivity index (χ2v) is 6.59. The SMILES string of the molecule is CC(C)C(CN(C)C)NC(=O)C1CCCC(CN)C1. The second-order valence-electron chi connectivity index (χ2n) is 6.59. The van der Waals surface area contributed by atoms with Crippen molar-refractivity contribution in [1.82, 2.24) is 10.2 Å². The number of nitrogens with zero attached hydrogens (tertiary/aromatic N) is 1. The van der Waals surface area contributed by atoms with E-state index in [9.17, 15) is 4.79 Å². The van der Waals surface area contributed by atoms with Gasteiger partial charge in [-0.25, -0.2) is 0 Å². The van der Waals surface area contributed by atoms with E-state index < -0.39 is 0 Å². The Balaban J connectivity index is 2.51. The molecule has 1 fully saturated rings. The number of hydrogen-bond donors (Lipinski definition) is 2. The molecule has 0 aromatic carbocycles. The van der Waals surface area contributed by atoms with Crippen molar-refractivity contribution in [3.05, 3.63) is 0 Å². The molecular weight excluding hydrogens is 238 g/mol. The molecule has 112 valence electrons. The van der Waals surface area contributed by atoms with Crippen LogP contribution >= 0.6 is 0 Å². The van der Waals surface area contributed by atoms with E-state index in [2.05, 4.69) is 24.1 Å². The van der Waals surface area contributed by atoms with Crippen molar-refractivity contribution in [3.63, 3.8) is 0 Å². The molecule has 3 N–H and O–H groups in total. The molecule has 3 unspecified atom stereocenters. The summed E-state index contributed by atoms with van der Waals surface area (Å²) in [6.07, 6.45) is 4.32. The van der Waals surface area contributed by atoms with Crippen LogP contribution in [0.4, 0.5) is 0 Å². The Morgan fingerprint density at radius 1 is 1.37 bits per heavy atom. The van der Waals surface area contributed by atoms with E-state index >= 15 is 0 Å². The Hall–Kier alpha value is -0.610. The maximum atomic E-state index is 12.4. The van der Waals surface area contributed by atoms with E-state index in [0.717, 1.165) is 32.4 Å². The predicted molar refractivity (Wildman–Crippen MR) is 79.8 cm³/mol. The van der Waals surface area contributed by atoms with Crippen LogP contribution in [0.5, 0.6) is 0 Å². The highest BCUT2D eigenvalue weighted by atomic mass is 16.1. The lowest BCUT2D eigenvalue weighted by Crippen LogP contribution is -2.47. The molecule has 4 nitrogen and oxygen atoms in total. The summed E-state index contributed by atoms with van der Waals surface area (Å²) in [6, 6.07) is 0.237. The van der Waals surface area contributed by atoms with Gasteiger partial charge in [-0.3, -0.25) is 4.79 Å². The standard InChI is InChI=1S/C15H31N3O/c1-11(2)14(10-18(3)4)17-15(19)13-7-5-6-12(8-13)9-16/h11-14H,5-10,16H2,1-4H3,(H,17,19). The smallest absolute Gasteiger partial charge is 0.223 e. The molecule has 0 bridgehead atoms. The van der Waals surface area contributed by atoms with Crippen LogP contribution in [0.15, 0.2) is 0 Å². The van der Waals surface area contributed by atoms with Crippen molar-refractivity contribution in [3.8, 4) is 0 Å². The molecule has 19 heavy (non-hydrogen) atoms. The van der Waals surface area contributed by atoms with Crippen LogP contribution in [0.3, 0.4) is 0 Å². The molecule has 1 saturated carbocycles. The molecule has 1 aliphatic rings. The predicted octanol–water partition coefficient (Wildman–Crippen LogP) is 1.45. The highest BCUT2D eigenvalue weighted by Crippen LogP contribution is 2.28. The Labute approximate surface area is 118 Å². The minimum atomic E-state index is 0.172. The molecule has 1 rings (SSSR count). The van der Waals surface area contributed by atoms with E-state index in [1.807, 2.05) is 14.1 Å². The first-order valence-electron chi connectivity index (χ1n) is 7.59. The normalized spacial score (nSPS) is 25.6. The summed E-state index contributed by atoms with van der Waals surface area (Å²) in [5.74, 6) is 1.40. The summed E-state index contributed by atoms with van der Waals surface area (Å²) >= 11 is 0. The first kappa shape index (κ1) is 16.4. The highest BCUT2D eigenvalue weighted by molar-refractivity contribution is 5.79. The molecule has 0 aromatic heterocycles. The zero-order valence-electron chi connectivity index (χ0n) is 13.0. The van der Waals surface area contributed by atoms with Gasteiger partial charge < -0.3 is 16.0 Å². The van der Waals surface area contributed by atoms with Crippen molar-refractivity contribution in [1.29, 1.82) is 0 Å². The van der Waals surface area contributed by atoms with Crippen molar-refractivity contribution in [2.45, 2.75) is 45.6 Å². The lowest BCUT2D eigenvalue weighted by atomic mass is 9.81. The van der Waals surface area contributed by atoms with Crippen LogP contribution < -0.4 is 11.1 Å². The van der Waals surface area contributed by atoms with Crippen LogP contribution in [-0.4, -0.2) is 44.0 Å². The number of rotatable bonds is 6. The fraction of sp³-hybridized carbons (Fsp3) is 0.933. The van der Waals surface area contributed by atoms with Crippen molar-refractivity contribution in [2.75, 3.05) is 27.2 Å². The summed E-state index contributed by atoms with van der Waals surface area (Å²) in [4.78, 5) is 14.5. The van der Waals surface area contributed by atoms with Gasteiger partial charge in [0, 0.05) is 18.5 Å². The number of nitrogens with one attached hydrogen (secondary N) is 1. The minimum absolute atomic E-state index is 0.172. The molecule has 0 heterocycles. The summed E-state index contributed by atoms with van der Waals surface area (Å²) < 4.78 is 0. The first-order chi connectivity index (χ1) is 8.93. The van der Waals surface area contributed by atoms with Gasteiger partial charge >= 0.3 is 0 Å². The lowest BCUT2D eigenvalue weighted by molar-refractivity contribution is -0.127. The van der Waals surface area contributed by atoms with Crippen LogP contribution in [0.1, 0.15) is 39.5 Å². The average molecular weight is 269 g/mol. The number of carbonyl (C=O) groups excluding carboxylic acids is 1. The number of nitrogens with two attached hydrogens (primary N) is 1. The quantitative estimate of drug-likeness (QED) is 0.767.